The molecule has 2 aromatic rings. The van der Waals surface area contributed by atoms with Crippen LogP contribution in [0.15, 0.2) is 29.4 Å². The lowest BCUT2D eigenvalue weighted by molar-refractivity contribution is -0.121. The molecule has 0 unspecified atom stereocenters. The quantitative estimate of drug-likeness (QED) is 0.618. The molecule has 1 amide bonds. The number of carbonyl (C=O) groups is 1. The molecule has 128 valence electrons. The van der Waals surface area contributed by atoms with Crippen molar-refractivity contribution in [3.8, 4) is 0 Å². The zero-order valence-electron chi connectivity index (χ0n) is 14.8. The monoisotopic (exact) mass is 343 g/mol. The first-order valence-corrected chi connectivity index (χ1v) is 9.43. The number of benzene rings is 1. The molecule has 2 rings (SSSR count). The van der Waals surface area contributed by atoms with Gasteiger partial charge in [0.25, 0.3) is 0 Å². The van der Waals surface area contributed by atoms with Crippen molar-refractivity contribution in [3.05, 3.63) is 52.3 Å². The first-order chi connectivity index (χ1) is 11.5. The van der Waals surface area contributed by atoms with Gasteiger partial charge in [-0.15, -0.1) is 0 Å². The molecule has 0 saturated heterocycles. The van der Waals surface area contributed by atoms with Crippen molar-refractivity contribution in [2.75, 3.05) is 12.8 Å². The molecule has 0 radical (unpaired) electrons. The molecule has 1 aromatic heterocycles. The highest BCUT2D eigenvalue weighted by molar-refractivity contribution is 7.98. The normalized spacial score (nSPS) is 10.7. The van der Waals surface area contributed by atoms with Crippen molar-refractivity contribution in [2.24, 2.45) is 0 Å². The van der Waals surface area contributed by atoms with Gasteiger partial charge < -0.3 is 5.32 Å². The molecule has 0 aliphatic carbocycles. The van der Waals surface area contributed by atoms with Gasteiger partial charge in [0.05, 0.1) is 0 Å². The van der Waals surface area contributed by atoms with Crippen LogP contribution in [0.1, 0.15) is 34.5 Å². The number of carbonyl (C=O) groups excluding carboxylic acids is 1. The van der Waals surface area contributed by atoms with Crippen LogP contribution in [0.5, 0.6) is 0 Å². The zero-order chi connectivity index (χ0) is 17.5. The number of nitrogens with zero attached hydrogens (tertiary/aromatic N) is 2. The Morgan fingerprint density at radius 1 is 1.08 bits per heavy atom. The van der Waals surface area contributed by atoms with Gasteiger partial charge in [0.1, 0.15) is 0 Å². The summed E-state index contributed by atoms with van der Waals surface area (Å²) < 4.78 is 0. The van der Waals surface area contributed by atoms with Crippen molar-refractivity contribution >= 4 is 17.7 Å². The van der Waals surface area contributed by atoms with Crippen LogP contribution in [0.4, 0.5) is 0 Å². The first kappa shape index (κ1) is 18.5. The van der Waals surface area contributed by atoms with E-state index in [0.29, 0.717) is 19.4 Å². The highest BCUT2D eigenvalue weighted by atomic mass is 32.2. The number of hydrogen-bond donors (Lipinski definition) is 1. The molecular formula is C19H25N3OS. The number of amides is 1. The second-order valence-electron chi connectivity index (χ2n) is 5.89. The second kappa shape index (κ2) is 8.83. The Hall–Kier alpha value is -1.88. The predicted octanol–water partition coefficient (Wildman–Crippen LogP) is 3.42. The molecular weight excluding hydrogens is 318 g/mol. The molecule has 1 N–H and O–H groups in total. The summed E-state index contributed by atoms with van der Waals surface area (Å²) in [5.74, 6) is 0.0799. The SMILES string of the molecule is CSc1nc(C)c(CCC(=O)NCCc2ccccc2C)c(C)n1. The van der Waals surface area contributed by atoms with Crippen LogP contribution in [-0.4, -0.2) is 28.7 Å². The standard InChI is InChI=1S/C19H25N3OS/c1-13-7-5-6-8-16(13)11-12-20-18(23)10-9-17-14(2)21-19(24-4)22-15(17)3/h5-8H,9-12H2,1-4H3,(H,20,23). The van der Waals surface area contributed by atoms with E-state index in [0.717, 1.165) is 28.5 Å². The third-order valence-electron chi connectivity index (χ3n) is 4.16. The van der Waals surface area contributed by atoms with E-state index in [1.807, 2.05) is 32.2 Å². The van der Waals surface area contributed by atoms with Crippen molar-refractivity contribution < 1.29 is 4.79 Å². The third-order valence-corrected chi connectivity index (χ3v) is 4.71. The molecule has 0 saturated carbocycles. The molecule has 0 atom stereocenters. The van der Waals surface area contributed by atoms with Crippen molar-refractivity contribution in [3.63, 3.8) is 0 Å². The zero-order valence-corrected chi connectivity index (χ0v) is 15.7. The Kier molecular flexibility index (Phi) is 6.79. The maximum Gasteiger partial charge on any atom is 0.220 e. The fourth-order valence-electron chi connectivity index (χ4n) is 2.72. The predicted molar refractivity (Wildman–Crippen MR) is 99.5 cm³/mol. The summed E-state index contributed by atoms with van der Waals surface area (Å²) in [7, 11) is 0. The molecule has 1 aromatic carbocycles. The van der Waals surface area contributed by atoms with Crippen molar-refractivity contribution in [1.82, 2.24) is 15.3 Å². The van der Waals surface area contributed by atoms with E-state index >= 15 is 0 Å². The second-order valence-corrected chi connectivity index (χ2v) is 6.66. The minimum absolute atomic E-state index is 0.0799. The van der Waals surface area contributed by atoms with E-state index in [9.17, 15) is 4.79 Å². The van der Waals surface area contributed by atoms with Gasteiger partial charge in [-0.2, -0.15) is 0 Å². The molecule has 24 heavy (non-hydrogen) atoms. The van der Waals surface area contributed by atoms with Gasteiger partial charge >= 0.3 is 0 Å². The largest absolute Gasteiger partial charge is 0.356 e. The Labute approximate surface area is 148 Å². The van der Waals surface area contributed by atoms with Crippen LogP contribution in [0.25, 0.3) is 0 Å². The first-order valence-electron chi connectivity index (χ1n) is 8.20. The number of rotatable bonds is 7. The smallest absolute Gasteiger partial charge is 0.220 e. The highest BCUT2D eigenvalue weighted by Crippen LogP contribution is 2.17. The molecule has 5 heteroatoms. The fourth-order valence-corrected chi connectivity index (χ4v) is 3.17. The van der Waals surface area contributed by atoms with Gasteiger partial charge in [-0.25, -0.2) is 9.97 Å². The number of thioether (sulfide) groups is 1. The Morgan fingerprint density at radius 2 is 1.75 bits per heavy atom. The van der Waals surface area contributed by atoms with Gasteiger partial charge in [-0.1, -0.05) is 36.0 Å². The van der Waals surface area contributed by atoms with E-state index in [1.54, 1.807) is 0 Å². The Morgan fingerprint density at radius 3 is 2.38 bits per heavy atom. The lowest BCUT2D eigenvalue weighted by Gasteiger charge is -2.10. The summed E-state index contributed by atoms with van der Waals surface area (Å²) in [6.45, 7) is 6.74. The van der Waals surface area contributed by atoms with Gasteiger partial charge in [-0.3, -0.25) is 4.79 Å². The van der Waals surface area contributed by atoms with Crippen LogP contribution in [0.2, 0.25) is 0 Å². The van der Waals surface area contributed by atoms with E-state index in [2.05, 4.69) is 34.3 Å². The lowest BCUT2D eigenvalue weighted by atomic mass is 10.1. The van der Waals surface area contributed by atoms with E-state index in [-0.39, 0.29) is 5.91 Å². The molecule has 0 bridgehead atoms. The Balaban J connectivity index is 1.82. The summed E-state index contributed by atoms with van der Waals surface area (Å²) in [6.07, 6.45) is 3.98. The van der Waals surface area contributed by atoms with Crippen LogP contribution >= 0.6 is 11.8 Å². The lowest BCUT2D eigenvalue weighted by Crippen LogP contribution is -2.26. The van der Waals surface area contributed by atoms with Gasteiger partial charge in [0.2, 0.25) is 5.91 Å². The average molecular weight is 343 g/mol. The Bertz CT molecular complexity index is 693. The van der Waals surface area contributed by atoms with E-state index in [1.165, 1.54) is 22.9 Å². The summed E-state index contributed by atoms with van der Waals surface area (Å²) in [4.78, 5) is 21.0. The third kappa shape index (κ3) is 5.06. The van der Waals surface area contributed by atoms with E-state index < -0.39 is 0 Å². The van der Waals surface area contributed by atoms with Gasteiger partial charge in [0.15, 0.2) is 5.16 Å². The maximum absolute atomic E-state index is 12.1. The van der Waals surface area contributed by atoms with Crippen LogP contribution in [0.3, 0.4) is 0 Å². The minimum atomic E-state index is 0.0799. The van der Waals surface area contributed by atoms with Crippen LogP contribution in [0, 0.1) is 20.8 Å². The highest BCUT2D eigenvalue weighted by Gasteiger charge is 2.10. The minimum Gasteiger partial charge on any atom is -0.356 e. The van der Waals surface area contributed by atoms with Gasteiger partial charge in [0, 0.05) is 24.4 Å². The summed E-state index contributed by atoms with van der Waals surface area (Å²) in [5, 5.41) is 3.79. The van der Waals surface area contributed by atoms with Crippen LogP contribution < -0.4 is 5.32 Å². The molecule has 0 spiro atoms. The average Bonchev–Trinajstić information content (AvgIpc) is 2.55. The van der Waals surface area contributed by atoms with Crippen molar-refractivity contribution in [2.45, 2.75) is 45.2 Å². The summed E-state index contributed by atoms with van der Waals surface area (Å²) in [6, 6.07) is 8.28. The van der Waals surface area contributed by atoms with E-state index in [4.69, 9.17) is 0 Å². The number of hydrogen-bond acceptors (Lipinski definition) is 4. The number of nitrogens with one attached hydrogen (secondary N) is 1. The van der Waals surface area contributed by atoms with Gasteiger partial charge in [-0.05, 0) is 56.6 Å². The fraction of sp³-hybridized carbons (Fsp3) is 0.421. The molecule has 4 nitrogen and oxygen atoms in total. The summed E-state index contributed by atoms with van der Waals surface area (Å²) in [5.41, 5.74) is 5.58. The maximum atomic E-state index is 12.1. The number of aromatic nitrogens is 2. The molecule has 0 aliphatic rings. The summed E-state index contributed by atoms with van der Waals surface area (Å²) >= 11 is 1.54. The molecule has 0 fully saturated rings. The molecule has 0 aliphatic heterocycles. The molecule has 1 heterocycles. The van der Waals surface area contributed by atoms with Crippen LogP contribution in [-0.2, 0) is 17.6 Å². The number of aryl methyl sites for hydroxylation is 3. The van der Waals surface area contributed by atoms with Crippen molar-refractivity contribution in [1.29, 1.82) is 0 Å². The topological polar surface area (TPSA) is 54.9 Å².